The number of anilines is 1. The molecule has 338 valence electrons. The van der Waals surface area contributed by atoms with Crippen molar-refractivity contribution in [3.8, 4) is 22.5 Å². The summed E-state index contributed by atoms with van der Waals surface area (Å²) in [6, 6.07) is 31.1. The maximum absolute atomic E-state index is 14.0. The van der Waals surface area contributed by atoms with Gasteiger partial charge < -0.3 is 45.2 Å². The van der Waals surface area contributed by atoms with Crippen molar-refractivity contribution in [3.63, 3.8) is 0 Å². The Morgan fingerprint density at radius 2 is 1.35 bits per heavy atom. The van der Waals surface area contributed by atoms with Crippen molar-refractivity contribution >= 4 is 46.5 Å². The topological polar surface area (TPSA) is 191 Å². The second-order valence-corrected chi connectivity index (χ2v) is 16.6. The first-order chi connectivity index (χ1) is 31.4. The number of hydrogen-bond acceptors (Lipinski definition) is 8. The zero-order valence-electron chi connectivity index (χ0n) is 37.3. The van der Waals surface area contributed by atoms with Crippen molar-refractivity contribution in [2.45, 2.75) is 90.8 Å². The van der Waals surface area contributed by atoms with Gasteiger partial charge in [-0.05, 0) is 93.5 Å². The Morgan fingerprint density at radius 3 is 1.97 bits per heavy atom. The molecule has 1 aliphatic heterocycles. The van der Waals surface area contributed by atoms with Crippen LogP contribution in [0.4, 0.5) is 15.3 Å². The van der Waals surface area contributed by atoms with Gasteiger partial charge in [-0.2, -0.15) is 0 Å². The van der Waals surface area contributed by atoms with E-state index < -0.39 is 30.3 Å². The minimum absolute atomic E-state index is 0.215. The van der Waals surface area contributed by atoms with Gasteiger partial charge in [0.05, 0.1) is 30.6 Å². The molecule has 1 fully saturated rings. The van der Waals surface area contributed by atoms with Crippen LogP contribution in [0, 0.1) is 0 Å². The number of ether oxygens (including phenoxy) is 2. The summed E-state index contributed by atoms with van der Waals surface area (Å²) in [5, 5.41) is 9.39. The minimum Gasteiger partial charge on any atom is -0.447 e. The van der Waals surface area contributed by atoms with Gasteiger partial charge in [0.25, 0.3) is 5.91 Å². The second kappa shape index (κ2) is 20.8. The molecule has 15 nitrogen and oxygen atoms in total. The second-order valence-electron chi connectivity index (χ2n) is 16.6. The lowest BCUT2D eigenvalue weighted by Gasteiger charge is -2.29. The van der Waals surface area contributed by atoms with Crippen molar-refractivity contribution in [1.82, 2.24) is 35.4 Å². The number of fused-ring (bicyclic) bond motifs is 1. The smallest absolute Gasteiger partial charge is 0.408 e. The average molecular weight is 881 g/mol. The molecule has 15 heteroatoms. The Bertz CT molecular complexity index is 2590. The SMILES string of the molecule is CCCN(Cc1ncc(-c2ccc(-c3cc4cc(NC(=O)[C@@H]5CCCN5C(=O)[C@H](NC(=O)OC(C)C)c5ccccc5)ccc4[nH]3)cc2)[nH]1)C(=O)[C@H](NC(=O)OC(C)C)c1ccccc1. The average Bonchev–Trinajstić information content (AvgIpc) is 4.08. The van der Waals surface area contributed by atoms with Crippen molar-refractivity contribution in [1.29, 1.82) is 0 Å². The number of likely N-dealkylation sites (tertiary alicyclic amines) is 1. The molecule has 65 heavy (non-hydrogen) atoms. The molecule has 4 aromatic carbocycles. The number of carbonyl (C=O) groups excluding carboxylic acids is 5. The zero-order valence-corrected chi connectivity index (χ0v) is 37.3. The number of aromatic amines is 2. The number of hydrogen-bond donors (Lipinski definition) is 5. The highest BCUT2D eigenvalue weighted by Gasteiger charge is 2.39. The molecule has 0 radical (unpaired) electrons. The van der Waals surface area contributed by atoms with Gasteiger partial charge in [-0.15, -0.1) is 0 Å². The van der Waals surface area contributed by atoms with E-state index in [0.29, 0.717) is 55.0 Å². The predicted octanol–water partition coefficient (Wildman–Crippen LogP) is 8.64. The minimum atomic E-state index is -1.01. The number of aromatic nitrogens is 3. The molecule has 5 amide bonds. The quantitative estimate of drug-likeness (QED) is 0.0638. The van der Waals surface area contributed by atoms with E-state index in [-0.39, 0.29) is 36.5 Å². The molecule has 3 atom stereocenters. The monoisotopic (exact) mass is 880 g/mol. The van der Waals surface area contributed by atoms with Crippen LogP contribution in [0.1, 0.15) is 82.9 Å². The highest BCUT2D eigenvalue weighted by atomic mass is 16.6. The molecule has 2 aromatic heterocycles. The molecule has 0 bridgehead atoms. The highest BCUT2D eigenvalue weighted by molar-refractivity contribution is 6.00. The fourth-order valence-corrected chi connectivity index (χ4v) is 7.98. The number of rotatable bonds is 16. The molecule has 0 saturated carbocycles. The van der Waals surface area contributed by atoms with E-state index in [2.05, 4.69) is 30.9 Å². The summed E-state index contributed by atoms with van der Waals surface area (Å²) in [5.41, 5.74) is 6.25. The van der Waals surface area contributed by atoms with Gasteiger partial charge >= 0.3 is 12.2 Å². The maximum Gasteiger partial charge on any atom is 0.408 e. The third-order valence-electron chi connectivity index (χ3n) is 11.0. The Labute approximate surface area is 378 Å². The fourth-order valence-electron chi connectivity index (χ4n) is 7.98. The molecule has 0 unspecified atom stereocenters. The zero-order chi connectivity index (χ0) is 46.0. The van der Waals surface area contributed by atoms with E-state index in [1.807, 2.05) is 79.7 Å². The molecule has 5 N–H and O–H groups in total. The summed E-state index contributed by atoms with van der Waals surface area (Å²) in [6.07, 6.45) is 1.51. The first kappa shape index (κ1) is 45.6. The molecular weight excluding hydrogens is 825 g/mol. The van der Waals surface area contributed by atoms with Gasteiger partial charge in [0.15, 0.2) is 0 Å². The summed E-state index contributed by atoms with van der Waals surface area (Å²) in [6.45, 7) is 10.0. The van der Waals surface area contributed by atoms with Gasteiger partial charge in [-0.3, -0.25) is 14.4 Å². The van der Waals surface area contributed by atoms with E-state index in [0.717, 1.165) is 33.4 Å². The Kier molecular flexibility index (Phi) is 14.6. The number of alkyl carbamates (subject to hydrolysis) is 2. The fraction of sp³-hybridized carbons (Fsp3) is 0.320. The molecule has 1 saturated heterocycles. The maximum atomic E-state index is 14.0. The standard InChI is InChI=1S/C50H56N8O7/c1-6-25-57(47(60)44(35-14-9-7-10-15-35)55-49(62)64-31(2)3)30-43-51-29-41(54-43)34-21-19-33(20-22-34)40-28-37-27-38(23-24-39(37)53-40)52-46(59)42-18-13-26-58(42)48(61)45(36-16-11-8-12-17-36)56-50(63)65-32(4)5/h7-12,14-17,19-24,27-29,31-32,42,44-45,53H,6,13,18,25-26,30H2,1-5H3,(H,51,54)(H,52,59)(H,55,62)(H,56,63)/t42-,44+,45+/m0/s1. The third kappa shape index (κ3) is 11.4. The van der Waals surface area contributed by atoms with Crippen molar-refractivity contribution in [2.24, 2.45) is 0 Å². The number of carbonyl (C=O) groups is 5. The summed E-state index contributed by atoms with van der Waals surface area (Å²) in [5.74, 6) is -0.347. The van der Waals surface area contributed by atoms with Crippen LogP contribution < -0.4 is 16.0 Å². The number of nitrogens with one attached hydrogen (secondary N) is 5. The Morgan fingerprint density at radius 1 is 0.754 bits per heavy atom. The van der Waals surface area contributed by atoms with Crippen LogP contribution >= 0.6 is 0 Å². The number of imidazole rings is 1. The Hall–Kier alpha value is -7.42. The first-order valence-corrected chi connectivity index (χ1v) is 22.1. The van der Waals surface area contributed by atoms with Crippen LogP contribution in [0.2, 0.25) is 0 Å². The largest absolute Gasteiger partial charge is 0.447 e. The lowest BCUT2D eigenvalue weighted by atomic mass is 10.0. The number of amides is 5. The number of nitrogens with zero attached hydrogens (tertiary/aromatic N) is 3. The van der Waals surface area contributed by atoms with E-state index in [1.54, 1.807) is 80.1 Å². The lowest BCUT2D eigenvalue weighted by molar-refractivity contribution is -0.138. The van der Waals surface area contributed by atoms with Gasteiger partial charge in [-0.25, -0.2) is 14.6 Å². The molecular formula is C50H56N8O7. The van der Waals surface area contributed by atoms with E-state index in [9.17, 15) is 24.0 Å². The normalized spacial score (nSPS) is 14.5. The third-order valence-corrected chi connectivity index (χ3v) is 11.0. The number of benzene rings is 4. The number of H-pyrrole nitrogens is 2. The molecule has 3 heterocycles. The van der Waals surface area contributed by atoms with Gasteiger partial charge in [-0.1, -0.05) is 91.9 Å². The van der Waals surface area contributed by atoms with Gasteiger partial charge in [0, 0.05) is 35.4 Å². The van der Waals surface area contributed by atoms with Crippen LogP contribution in [0.3, 0.4) is 0 Å². The molecule has 7 rings (SSSR count). The molecule has 6 aromatic rings. The van der Waals surface area contributed by atoms with Crippen LogP contribution in [0.25, 0.3) is 33.4 Å². The van der Waals surface area contributed by atoms with Crippen LogP contribution in [0.5, 0.6) is 0 Å². The Balaban J connectivity index is 1.00. The van der Waals surface area contributed by atoms with Crippen LogP contribution in [-0.2, 0) is 30.4 Å². The van der Waals surface area contributed by atoms with Crippen LogP contribution in [0.15, 0.2) is 115 Å². The lowest BCUT2D eigenvalue weighted by Crippen LogP contribution is -2.48. The first-order valence-electron chi connectivity index (χ1n) is 22.1. The summed E-state index contributed by atoms with van der Waals surface area (Å²) in [7, 11) is 0. The highest BCUT2D eigenvalue weighted by Crippen LogP contribution is 2.30. The summed E-state index contributed by atoms with van der Waals surface area (Å²) in [4.78, 5) is 81.7. The predicted molar refractivity (Wildman–Crippen MR) is 248 cm³/mol. The summed E-state index contributed by atoms with van der Waals surface area (Å²) >= 11 is 0. The van der Waals surface area contributed by atoms with E-state index in [4.69, 9.17) is 9.47 Å². The van der Waals surface area contributed by atoms with Gasteiger partial charge in [0.2, 0.25) is 11.8 Å². The van der Waals surface area contributed by atoms with E-state index in [1.165, 1.54) is 0 Å². The van der Waals surface area contributed by atoms with Crippen molar-refractivity contribution < 1.29 is 33.4 Å². The molecule has 0 aliphatic carbocycles. The van der Waals surface area contributed by atoms with E-state index >= 15 is 0 Å². The van der Waals surface area contributed by atoms with Crippen LogP contribution in [-0.4, -0.2) is 86.0 Å². The van der Waals surface area contributed by atoms with Gasteiger partial charge in [0.1, 0.15) is 23.9 Å². The van der Waals surface area contributed by atoms with Crippen molar-refractivity contribution in [2.75, 3.05) is 18.4 Å². The molecule has 0 spiro atoms. The summed E-state index contributed by atoms with van der Waals surface area (Å²) < 4.78 is 10.6. The molecule has 1 aliphatic rings. The van der Waals surface area contributed by atoms with Crippen molar-refractivity contribution in [3.05, 3.63) is 132 Å².